The van der Waals surface area contributed by atoms with Gasteiger partial charge in [0.05, 0.1) is 12.0 Å². The highest BCUT2D eigenvalue weighted by molar-refractivity contribution is 5.87. The Morgan fingerprint density at radius 2 is 1.97 bits per heavy atom. The van der Waals surface area contributed by atoms with E-state index in [1.165, 1.54) is 11.1 Å². The average Bonchev–Trinajstić information content (AvgIpc) is 2.87. The number of carbonyl (C=O) groups excluding carboxylic acids is 1. The minimum Gasteiger partial charge on any atom is -0.463 e. The number of anilines is 1. The largest absolute Gasteiger partial charge is 0.463 e. The van der Waals surface area contributed by atoms with E-state index in [1.54, 1.807) is 6.92 Å². The summed E-state index contributed by atoms with van der Waals surface area (Å²) in [5.74, 6) is 0.495. The summed E-state index contributed by atoms with van der Waals surface area (Å²) >= 11 is 0. The Morgan fingerprint density at radius 3 is 2.72 bits per heavy atom. The number of carbonyl (C=O) groups is 1. The summed E-state index contributed by atoms with van der Waals surface area (Å²) < 4.78 is 12.1. The normalized spacial score (nSPS) is 20.8. The lowest BCUT2D eigenvalue weighted by atomic mass is 9.76. The minimum atomic E-state index is -0.700. The van der Waals surface area contributed by atoms with Crippen molar-refractivity contribution in [3.63, 3.8) is 0 Å². The topological polar surface area (TPSA) is 38.8 Å². The second kappa shape index (κ2) is 6.80. The van der Waals surface area contributed by atoms with Crippen LogP contribution in [0.15, 0.2) is 60.7 Å². The molecule has 2 aromatic rings. The standard InChI is InChI=1S/C25H27NO3/c1-17(2)23(27)28-15-14-26-21-9-7-6-8-20(21)24(4,5)25(26)13-12-19-16-18(3)10-11-22(19)29-25/h6-13,16H,1,14-15H2,2-5H3. The first-order valence-corrected chi connectivity index (χ1v) is 9.95. The van der Waals surface area contributed by atoms with Crippen molar-refractivity contribution in [1.82, 2.24) is 0 Å². The van der Waals surface area contributed by atoms with Crippen molar-refractivity contribution in [1.29, 1.82) is 0 Å². The van der Waals surface area contributed by atoms with Crippen LogP contribution in [0.4, 0.5) is 5.69 Å². The van der Waals surface area contributed by atoms with Crippen molar-refractivity contribution in [3.05, 3.63) is 77.4 Å². The third kappa shape index (κ3) is 2.94. The molecular weight excluding hydrogens is 362 g/mol. The molecule has 1 atom stereocenters. The monoisotopic (exact) mass is 389 g/mol. The fourth-order valence-corrected chi connectivity index (χ4v) is 4.36. The molecule has 2 heterocycles. The molecule has 4 heteroatoms. The first kappa shape index (κ1) is 19.3. The van der Waals surface area contributed by atoms with Crippen molar-refractivity contribution in [2.45, 2.75) is 38.8 Å². The smallest absolute Gasteiger partial charge is 0.333 e. The maximum absolute atomic E-state index is 11.9. The molecule has 0 N–H and O–H groups in total. The van der Waals surface area contributed by atoms with Gasteiger partial charge in [0.15, 0.2) is 0 Å². The SMILES string of the molecule is C=C(C)C(=O)OCCN1c2ccccc2C(C)(C)C12C=Cc1cc(C)ccc1O2. The van der Waals surface area contributed by atoms with Crippen LogP contribution in [-0.4, -0.2) is 24.8 Å². The third-order valence-electron chi connectivity index (χ3n) is 5.98. The van der Waals surface area contributed by atoms with Gasteiger partial charge < -0.3 is 14.4 Å². The van der Waals surface area contributed by atoms with E-state index in [-0.39, 0.29) is 18.0 Å². The van der Waals surface area contributed by atoms with Crippen molar-refractivity contribution in [3.8, 4) is 5.75 Å². The summed E-state index contributed by atoms with van der Waals surface area (Å²) in [6.45, 7) is 12.6. The van der Waals surface area contributed by atoms with Crippen LogP contribution in [0.5, 0.6) is 5.75 Å². The highest BCUT2D eigenvalue weighted by Crippen LogP contribution is 2.54. The number of esters is 1. The molecule has 0 bridgehead atoms. The molecule has 4 rings (SSSR count). The van der Waals surface area contributed by atoms with Gasteiger partial charge in [0.2, 0.25) is 5.72 Å². The van der Waals surface area contributed by atoms with E-state index in [9.17, 15) is 4.79 Å². The van der Waals surface area contributed by atoms with Gasteiger partial charge in [-0.15, -0.1) is 0 Å². The summed E-state index contributed by atoms with van der Waals surface area (Å²) in [5.41, 5.74) is 3.99. The molecule has 2 aliphatic heterocycles. The van der Waals surface area contributed by atoms with Crippen LogP contribution in [0.1, 0.15) is 37.5 Å². The molecule has 2 aromatic carbocycles. The Bertz CT molecular complexity index is 1020. The zero-order valence-electron chi connectivity index (χ0n) is 17.5. The number of para-hydroxylation sites is 1. The molecule has 0 radical (unpaired) electrons. The number of rotatable bonds is 4. The fraction of sp³-hybridized carbons (Fsp3) is 0.320. The number of aryl methyl sites for hydroxylation is 1. The van der Waals surface area contributed by atoms with Gasteiger partial charge in [-0.05, 0) is 63.6 Å². The van der Waals surface area contributed by atoms with Crippen LogP contribution in [-0.2, 0) is 14.9 Å². The van der Waals surface area contributed by atoms with Gasteiger partial charge in [-0.1, -0.05) is 36.4 Å². The minimum absolute atomic E-state index is 0.260. The lowest BCUT2D eigenvalue weighted by molar-refractivity contribution is -0.138. The number of hydrogen-bond acceptors (Lipinski definition) is 4. The van der Waals surface area contributed by atoms with Crippen LogP contribution in [0, 0.1) is 6.92 Å². The summed E-state index contributed by atoms with van der Waals surface area (Å²) in [6.07, 6.45) is 4.29. The molecule has 0 aliphatic carbocycles. The highest BCUT2D eigenvalue weighted by atomic mass is 16.5. The number of ether oxygens (including phenoxy) is 2. The lowest BCUT2D eigenvalue weighted by Gasteiger charge is -2.47. The van der Waals surface area contributed by atoms with Crippen LogP contribution in [0.2, 0.25) is 0 Å². The molecule has 0 aromatic heterocycles. The van der Waals surface area contributed by atoms with E-state index in [0.29, 0.717) is 12.1 Å². The molecule has 0 saturated heterocycles. The second-order valence-electron chi connectivity index (χ2n) is 8.38. The van der Waals surface area contributed by atoms with E-state index < -0.39 is 5.72 Å². The van der Waals surface area contributed by atoms with Gasteiger partial charge in [-0.2, -0.15) is 0 Å². The Hall–Kier alpha value is -3.01. The Morgan fingerprint density at radius 1 is 1.21 bits per heavy atom. The van der Waals surface area contributed by atoms with Gasteiger partial charge >= 0.3 is 5.97 Å². The number of fused-ring (bicyclic) bond motifs is 2. The maximum Gasteiger partial charge on any atom is 0.333 e. The van der Waals surface area contributed by atoms with E-state index >= 15 is 0 Å². The van der Waals surface area contributed by atoms with E-state index in [2.05, 4.69) is 74.7 Å². The zero-order chi connectivity index (χ0) is 20.8. The zero-order valence-corrected chi connectivity index (χ0v) is 17.5. The van der Waals surface area contributed by atoms with Gasteiger partial charge in [0.25, 0.3) is 0 Å². The van der Waals surface area contributed by atoms with Crippen molar-refractivity contribution in [2.24, 2.45) is 0 Å². The van der Waals surface area contributed by atoms with Crippen molar-refractivity contribution >= 4 is 17.7 Å². The van der Waals surface area contributed by atoms with Gasteiger partial charge in [-0.3, -0.25) is 0 Å². The molecule has 2 aliphatic rings. The second-order valence-corrected chi connectivity index (χ2v) is 8.38. The van der Waals surface area contributed by atoms with E-state index in [4.69, 9.17) is 9.47 Å². The summed E-state index contributed by atoms with van der Waals surface area (Å²) in [6, 6.07) is 14.6. The van der Waals surface area contributed by atoms with E-state index in [0.717, 1.165) is 17.0 Å². The number of hydrogen-bond donors (Lipinski definition) is 0. The quantitative estimate of drug-likeness (QED) is 0.544. The molecule has 0 fully saturated rings. The number of benzene rings is 2. The molecule has 150 valence electrons. The van der Waals surface area contributed by atoms with Crippen LogP contribution < -0.4 is 9.64 Å². The van der Waals surface area contributed by atoms with Crippen molar-refractivity contribution < 1.29 is 14.3 Å². The summed E-state index contributed by atoms with van der Waals surface area (Å²) in [4.78, 5) is 14.1. The predicted molar refractivity (Wildman–Crippen MR) is 116 cm³/mol. The van der Waals surface area contributed by atoms with Crippen LogP contribution in [0.25, 0.3) is 6.08 Å². The van der Waals surface area contributed by atoms with Gasteiger partial charge in [0.1, 0.15) is 12.4 Å². The fourth-order valence-electron chi connectivity index (χ4n) is 4.36. The molecule has 0 amide bonds. The Labute approximate surface area is 172 Å². The van der Waals surface area contributed by atoms with E-state index in [1.807, 2.05) is 12.1 Å². The van der Waals surface area contributed by atoms with Gasteiger partial charge in [-0.25, -0.2) is 4.79 Å². The Balaban J connectivity index is 1.74. The maximum atomic E-state index is 11.9. The molecule has 29 heavy (non-hydrogen) atoms. The molecule has 1 unspecified atom stereocenters. The highest BCUT2D eigenvalue weighted by Gasteiger charge is 2.58. The van der Waals surface area contributed by atoms with Crippen molar-refractivity contribution in [2.75, 3.05) is 18.1 Å². The molecule has 4 nitrogen and oxygen atoms in total. The molecular formula is C25H27NO3. The average molecular weight is 389 g/mol. The summed E-state index contributed by atoms with van der Waals surface area (Å²) in [5, 5.41) is 0. The Kier molecular flexibility index (Phi) is 4.53. The first-order chi connectivity index (χ1) is 13.8. The molecule has 0 saturated carbocycles. The van der Waals surface area contributed by atoms with Gasteiger partial charge in [0, 0.05) is 16.8 Å². The summed E-state index contributed by atoms with van der Waals surface area (Å²) in [7, 11) is 0. The molecule has 1 spiro atoms. The predicted octanol–water partition coefficient (Wildman–Crippen LogP) is 5.01. The lowest BCUT2D eigenvalue weighted by Crippen LogP contribution is -2.60. The van der Waals surface area contributed by atoms with Crippen LogP contribution in [0.3, 0.4) is 0 Å². The third-order valence-corrected chi connectivity index (χ3v) is 5.98. The van der Waals surface area contributed by atoms with Crippen LogP contribution >= 0.6 is 0 Å². The number of nitrogens with zero attached hydrogens (tertiary/aromatic N) is 1. The first-order valence-electron chi connectivity index (χ1n) is 9.95.